The van der Waals surface area contributed by atoms with E-state index in [4.69, 9.17) is 5.11 Å². The lowest BCUT2D eigenvalue weighted by molar-refractivity contribution is -0.137. The first-order valence-corrected chi connectivity index (χ1v) is 8.49. The summed E-state index contributed by atoms with van der Waals surface area (Å²) < 4.78 is 1.62. The molecule has 2 N–H and O–H groups in total. The van der Waals surface area contributed by atoms with E-state index in [1.54, 1.807) is 4.68 Å². The van der Waals surface area contributed by atoms with E-state index in [-0.39, 0.29) is 12.5 Å². The van der Waals surface area contributed by atoms with Crippen LogP contribution in [0.2, 0.25) is 0 Å². The van der Waals surface area contributed by atoms with E-state index in [0.717, 1.165) is 16.8 Å². The van der Waals surface area contributed by atoms with Crippen molar-refractivity contribution in [2.24, 2.45) is 0 Å². The number of benzene rings is 2. The van der Waals surface area contributed by atoms with Gasteiger partial charge in [-0.15, -0.1) is 0 Å². The number of carboxylic acid groups (broad SMARTS) is 1. The molecule has 0 aliphatic carbocycles. The molecule has 134 valence electrons. The van der Waals surface area contributed by atoms with Crippen molar-refractivity contribution in [1.82, 2.24) is 20.2 Å². The number of aliphatic carboxylic acids is 1. The molecule has 0 fully saturated rings. The van der Waals surface area contributed by atoms with Crippen LogP contribution in [-0.4, -0.2) is 37.3 Å². The minimum atomic E-state index is -0.817. The highest BCUT2D eigenvalue weighted by molar-refractivity contribution is 5.66. The molecular formula is C19H21N5O2. The van der Waals surface area contributed by atoms with Crippen molar-refractivity contribution in [3.8, 4) is 5.69 Å². The Balaban J connectivity index is 1.79. The number of carbonyl (C=O) groups is 1. The molecule has 0 saturated heterocycles. The van der Waals surface area contributed by atoms with Gasteiger partial charge in [-0.25, -0.2) is 0 Å². The molecule has 7 heteroatoms. The van der Waals surface area contributed by atoms with Crippen LogP contribution in [0.4, 0.5) is 5.95 Å². The van der Waals surface area contributed by atoms with E-state index in [9.17, 15) is 4.79 Å². The molecule has 0 spiro atoms. The summed E-state index contributed by atoms with van der Waals surface area (Å²) in [7, 11) is 0. The van der Waals surface area contributed by atoms with Crippen molar-refractivity contribution in [2.75, 3.05) is 5.32 Å². The number of aryl methyl sites for hydroxylation is 1. The molecule has 3 rings (SSSR count). The quantitative estimate of drug-likeness (QED) is 0.648. The Hall–Kier alpha value is -3.22. The summed E-state index contributed by atoms with van der Waals surface area (Å²) in [6.45, 7) is 2.02. The van der Waals surface area contributed by atoms with Crippen LogP contribution in [0.15, 0.2) is 54.6 Å². The van der Waals surface area contributed by atoms with Crippen molar-refractivity contribution in [3.05, 3.63) is 65.7 Å². The molecule has 1 unspecified atom stereocenters. The fourth-order valence-electron chi connectivity index (χ4n) is 2.74. The Morgan fingerprint density at radius 1 is 1.15 bits per heavy atom. The van der Waals surface area contributed by atoms with Crippen LogP contribution >= 0.6 is 0 Å². The van der Waals surface area contributed by atoms with Crippen LogP contribution in [0.3, 0.4) is 0 Å². The summed E-state index contributed by atoms with van der Waals surface area (Å²) in [4.78, 5) is 11.0. The monoisotopic (exact) mass is 351 g/mol. The highest BCUT2D eigenvalue weighted by Gasteiger charge is 2.16. The van der Waals surface area contributed by atoms with Crippen molar-refractivity contribution in [3.63, 3.8) is 0 Å². The van der Waals surface area contributed by atoms with Gasteiger partial charge in [0.25, 0.3) is 0 Å². The lowest BCUT2D eigenvalue weighted by Crippen LogP contribution is -2.25. The zero-order valence-electron chi connectivity index (χ0n) is 14.5. The Kier molecular flexibility index (Phi) is 5.58. The molecule has 0 amide bonds. The highest BCUT2D eigenvalue weighted by atomic mass is 16.4. The van der Waals surface area contributed by atoms with Crippen LogP contribution in [0.1, 0.15) is 24.0 Å². The number of tetrazole rings is 1. The van der Waals surface area contributed by atoms with E-state index < -0.39 is 5.97 Å². The average Bonchev–Trinajstić information content (AvgIpc) is 3.09. The molecule has 0 aliphatic heterocycles. The number of hydrogen-bond donors (Lipinski definition) is 2. The molecular weight excluding hydrogens is 330 g/mol. The number of aromatic nitrogens is 4. The van der Waals surface area contributed by atoms with E-state index in [1.807, 2.05) is 61.5 Å². The molecule has 0 bridgehead atoms. The lowest BCUT2D eigenvalue weighted by atomic mass is 10.0. The number of nitrogens with one attached hydrogen (secondary N) is 1. The van der Waals surface area contributed by atoms with E-state index in [1.165, 1.54) is 0 Å². The molecule has 1 aromatic heterocycles. The molecule has 26 heavy (non-hydrogen) atoms. The Morgan fingerprint density at radius 2 is 1.88 bits per heavy atom. The summed E-state index contributed by atoms with van der Waals surface area (Å²) in [6, 6.07) is 17.7. The maximum atomic E-state index is 11.0. The van der Waals surface area contributed by atoms with E-state index in [2.05, 4.69) is 20.8 Å². The van der Waals surface area contributed by atoms with Gasteiger partial charge in [0.15, 0.2) is 0 Å². The van der Waals surface area contributed by atoms with Gasteiger partial charge in [-0.1, -0.05) is 53.1 Å². The van der Waals surface area contributed by atoms with Crippen molar-refractivity contribution >= 4 is 11.9 Å². The van der Waals surface area contributed by atoms with Crippen molar-refractivity contribution < 1.29 is 9.90 Å². The fraction of sp³-hybridized carbons (Fsp3) is 0.263. The van der Waals surface area contributed by atoms with E-state index >= 15 is 0 Å². The van der Waals surface area contributed by atoms with Crippen LogP contribution in [0, 0.1) is 6.92 Å². The summed E-state index contributed by atoms with van der Waals surface area (Å²) in [6.07, 6.45) is 1.25. The SMILES string of the molecule is Cc1ccc(-n2nnnc2NC(CCC(=O)O)Cc2ccccc2)cc1. The summed E-state index contributed by atoms with van der Waals surface area (Å²) >= 11 is 0. The normalized spacial score (nSPS) is 11.9. The van der Waals surface area contributed by atoms with Crippen molar-refractivity contribution in [2.45, 2.75) is 32.2 Å². The van der Waals surface area contributed by atoms with Gasteiger partial charge < -0.3 is 10.4 Å². The summed E-state index contributed by atoms with van der Waals surface area (Å²) in [5, 5.41) is 24.2. The number of hydrogen-bond acceptors (Lipinski definition) is 5. The second-order valence-electron chi connectivity index (χ2n) is 6.21. The van der Waals surface area contributed by atoms with E-state index in [0.29, 0.717) is 18.8 Å². The number of anilines is 1. The Morgan fingerprint density at radius 3 is 2.58 bits per heavy atom. The first-order valence-electron chi connectivity index (χ1n) is 8.49. The van der Waals surface area contributed by atoms with Gasteiger partial charge in [0.2, 0.25) is 5.95 Å². The predicted molar refractivity (Wildman–Crippen MR) is 98.3 cm³/mol. The minimum Gasteiger partial charge on any atom is -0.481 e. The topological polar surface area (TPSA) is 92.9 Å². The molecule has 3 aromatic rings. The van der Waals surface area contributed by atoms with Gasteiger partial charge in [-0.2, -0.15) is 4.68 Å². The first-order chi connectivity index (χ1) is 12.6. The Bertz CT molecular complexity index is 846. The zero-order chi connectivity index (χ0) is 18.4. The highest BCUT2D eigenvalue weighted by Crippen LogP contribution is 2.16. The second kappa shape index (κ2) is 8.24. The van der Waals surface area contributed by atoms with Crippen LogP contribution in [-0.2, 0) is 11.2 Å². The number of rotatable bonds is 8. The maximum absolute atomic E-state index is 11.0. The minimum absolute atomic E-state index is 0.0800. The fourth-order valence-corrected chi connectivity index (χ4v) is 2.74. The van der Waals surface area contributed by atoms with Crippen LogP contribution in [0.25, 0.3) is 5.69 Å². The number of carboxylic acids is 1. The third-order valence-corrected chi connectivity index (χ3v) is 4.11. The van der Waals surface area contributed by atoms with Gasteiger partial charge >= 0.3 is 5.97 Å². The van der Waals surface area contributed by atoms with Gasteiger partial charge in [0.05, 0.1) is 5.69 Å². The number of nitrogens with zero attached hydrogens (tertiary/aromatic N) is 4. The molecule has 7 nitrogen and oxygen atoms in total. The summed E-state index contributed by atoms with van der Waals surface area (Å²) in [5.74, 6) is -0.317. The van der Waals surface area contributed by atoms with Gasteiger partial charge in [0.1, 0.15) is 0 Å². The average molecular weight is 351 g/mol. The zero-order valence-corrected chi connectivity index (χ0v) is 14.5. The molecule has 1 heterocycles. The van der Waals surface area contributed by atoms with Crippen molar-refractivity contribution in [1.29, 1.82) is 0 Å². The van der Waals surface area contributed by atoms with Gasteiger partial charge in [-0.3, -0.25) is 4.79 Å². The van der Waals surface area contributed by atoms with Crippen LogP contribution < -0.4 is 5.32 Å². The molecule has 0 radical (unpaired) electrons. The smallest absolute Gasteiger partial charge is 0.303 e. The second-order valence-corrected chi connectivity index (χ2v) is 6.21. The third-order valence-electron chi connectivity index (χ3n) is 4.11. The molecule has 2 aromatic carbocycles. The predicted octanol–water partition coefficient (Wildman–Crippen LogP) is 2.86. The van der Waals surface area contributed by atoms with Crippen LogP contribution in [0.5, 0.6) is 0 Å². The van der Waals surface area contributed by atoms with Gasteiger partial charge in [0, 0.05) is 12.5 Å². The maximum Gasteiger partial charge on any atom is 0.303 e. The molecule has 0 saturated carbocycles. The molecule has 0 aliphatic rings. The Labute approximate surface area is 151 Å². The first kappa shape index (κ1) is 17.6. The van der Waals surface area contributed by atoms with Gasteiger partial charge in [-0.05, 0) is 47.9 Å². The molecule has 1 atom stereocenters. The lowest BCUT2D eigenvalue weighted by Gasteiger charge is -2.18. The summed E-state index contributed by atoms with van der Waals surface area (Å²) in [5.41, 5.74) is 3.13. The largest absolute Gasteiger partial charge is 0.481 e. The third kappa shape index (κ3) is 4.66. The standard InChI is InChI=1S/C19H21N5O2/c1-14-7-10-17(11-8-14)24-19(21-22-23-24)20-16(9-12-18(25)26)13-15-5-3-2-4-6-15/h2-8,10-11,16H,9,12-13H2,1H3,(H,25,26)(H,20,21,23).